The number of carbonyl (C=O) groups excluding carboxylic acids is 2. The van der Waals surface area contributed by atoms with E-state index < -0.39 is 0 Å². The van der Waals surface area contributed by atoms with Gasteiger partial charge < -0.3 is 30.1 Å². The van der Waals surface area contributed by atoms with Crippen LogP contribution in [-0.4, -0.2) is 47.6 Å². The van der Waals surface area contributed by atoms with Crippen LogP contribution in [0.1, 0.15) is 23.2 Å². The van der Waals surface area contributed by atoms with Crippen molar-refractivity contribution in [2.24, 2.45) is 0 Å². The minimum absolute atomic E-state index is 0.129. The molecular formula is C21H22N4O5. The highest BCUT2D eigenvalue weighted by Crippen LogP contribution is 2.17. The smallest absolute Gasteiger partial charge is 0.323 e. The third-order valence-corrected chi connectivity index (χ3v) is 4.79. The summed E-state index contributed by atoms with van der Waals surface area (Å²) in [6.07, 6.45) is 2.19. The highest BCUT2D eigenvalue weighted by Gasteiger charge is 2.16. The van der Waals surface area contributed by atoms with Crippen LogP contribution in [0.4, 0.5) is 5.69 Å². The summed E-state index contributed by atoms with van der Waals surface area (Å²) in [6.45, 7) is 1.09. The number of amides is 2. The zero-order chi connectivity index (χ0) is 20.9. The van der Waals surface area contributed by atoms with Gasteiger partial charge in [-0.2, -0.15) is 0 Å². The van der Waals surface area contributed by atoms with Gasteiger partial charge in [0.1, 0.15) is 12.4 Å². The predicted octanol–water partition coefficient (Wildman–Crippen LogP) is 1.78. The van der Waals surface area contributed by atoms with Gasteiger partial charge in [-0.15, -0.1) is 0 Å². The van der Waals surface area contributed by atoms with Gasteiger partial charge in [0.15, 0.2) is 0 Å². The summed E-state index contributed by atoms with van der Waals surface area (Å²) in [4.78, 5) is 40.9. The van der Waals surface area contributed by atoms with E-state index in [-0.39, 0.29) is 30.2 Å². The SMILES string of the molecule is O=C(CNC(=O)c1ccc(OC[C@@H]2CCCO2)cc1)Nc1ccc2[nH]c(=O)[nH]c2c1. The molecule has 9 nitrogen and oxygen atoms in total. The number of hydrogen-bond donors (Lipinski definition) is 4. The second-order valence-corrected chi connectivity index (χ2v) is 7.04. The topological polar surface area (TPSA) is 125 Å². The molecule has 0 unspecified atom stereocenters. The molecule has 2 heterocycles. The molecule has 0 spiro atoms. The fourth-order valence-electron chi connectivity index (χ4n) is 3.25. The van der Waals surface area contributed by atoms with Gasteiger partial charge in [0.25, 0.3) is 5.91 Å². The summed E-state index contributed by atoms with van der Waals surface area (Å²) in [6, 6.07) is 11.7. The van der Waals surface area contributed by atoms with Gasteiger partial charge in [-0.3, -0.25) is 9.59 Å². The Balaban J connectivity index is 1.25. The maximum absolute atomic E-state index is 12.3. The summed E-state index contributed by atoms with van der Waals surface area (Å²) in [5.74, 6) is -0.0728. The van der Waals surface area contributed by atoms with Gasteiger partial charge in [0, 0.05) is 17.9 Å². The molecule has 9 heteroatoms. The number of H-pyrrole nitrogens is 2. The highest BCUT2D eigenvalue weighted by molar-refractivity contribution is 5.99. The Hall–Kier alpha value is -3.59. The zero-order valence-corrected chi connectivity index (χ0v) is 16.2. The van der Waals surface area contributed by atoms with Crippen LogP contribution in [0.2, 0.25) is 0 Å². The number of aromatic nitrogens is 2. The van der Waals surface area contributed by atoms with E-state index >= 15 is 0 Å². The van der Waals surface area contributed by atoms with Crippen molar-refractivity contribution in [3.05, 3.63) is 58.5 Å². The predicted molar refractivity (Wildman–Crippen MR) is 111 cm³/mol. The Morgan fingerprint density at radius 2 is 1.90 bits per heavy atom. The summed E-state index contributed by atoms with van der Waals surface area (Å²) < 4.78 is 11.2. The standard InChI is InChI=1S/C21H22N4O5/c26-19(23-14-5-8-17-18(10-14)25-21(28)24-17)11-22-20(27)13-3-6-15(7-4-13)30-12-16-2-1-9-29-16/h3-8,10,16H,1-2,9,11-12H2,(H,22,27)(H,23,26)(H2,24,25,28)/t16-/m0/s1. The number of carbonyl (C=O) groups is 2. The molecule has 0 radical (unpaired) electrons. The van der Waals surface area contributed by atoms with E-state index in [4.69, 9.17) is 9.47 Å². The van der Waals surface area contributed by atoms with Gasteiger partial charge in [0.2, 0.25) is 5.91 Å². The van der Waals surface area contributed by atoms with E-state index in [1.54, 1.807) is 42.5 Å². The molecule has 1 fully saturated rings. The van der Waals surface area contributed by atoms with Gasteiger partial charge in [-0.1, -0.05) is 0 Å². The van der Waals surface area contributed by atoms with Crippen molar-refractivity contribution in [1.29, 1.82) is 0 Å². The number of aromatic amines is 2. The molecule has 2 amide bonds. The van der Waals surface area contributed by atoms with Crippen molar-refractivity contribution in [2.75, 3.05) is 25.1 Å². The van der Waals surface area contributed by atoms with Gasteiger partial charge in [-0.25, -0.2) is 4.79 Å². The molecule has 0 saturated carbocycles. The number of fused-ring (bicyclic) bond motifs is 1. The number of hydrogen-bond acceptors (Lipinski definition) is 5. The highest BCUT2D eigenvalue weighted by atomic mass is 16.5. The van der Waals surface area contributed by atoms with Crippen molar-refractivity contribution in [3.63, 3.8) is 0 Å². The maximum Gasteiger partial charge on any atom is 0.323 e. The van der Waals surface area contributed by atoms with Crippen LogP contribution >= 0.6 is 0 Å². The lowest BCUT2D eigenvalue weighted by atomic mass is 10.2. The van der Waals surface area contributed by atoms with Crippen LogP contribution in [0, 0.1) is 0 Å². The lowest BCUT2D eigenvalue weighted by molar-refractivity contribution is -0.115. The van der Waals surface area contributed by atoms with Gasteiger partial charge >= 0.3 is 5.69 Å². The molecule has 4 rings (SSSR count). The summed E-state index contributed by atoms with van der Waals surface area (Å²) in [5, 5.41) is 5.26. The van der Waals surface area contributed by atoms with Crippen molar-refractivity contribution < 1.29 is 19.1 Å². The van der Waals surface area contributed by atoms with Crippen molar-refractivity contribution in [2.45, 2.75) is 18.9 Å². The number of benzene rings is 2. The van der Waals surface area contributed by atoms with Crippen LogP contribution < -0.4 is 21.1 Å². The lowest BCUT2D eigenvalue weighted by Gasteiger charge is -2.12. The monoisotopic (exact) mass is 410 g/mol. The van der Waals surface area contributed by atoms with Crippen LogP contribution in [0.3, 0.4) is 0 Å². The van der Waals surface area contributed by atoms with E-state index in [0.717, 1.165) is 19.4 Å². The molecule has 1 aromatic heterocycles. The molecule has 1 atom stereocenters. The third-order valence-electron chi connectivity index (χ3n) is 4.79. The number of imidazole rings is 1. The Labute approximate surface area is 171 Å². The van der Waals surface area contributed by atoms with Crippen molar-refractivity contribution >= 4 is 28.5 Å². The number of nitrogens with one attached hydrogen (secondary N) is 4. The normalized spacial score (nSPS) is 15.8. The molecule has 0 aliphatic carbocycles. The quantitative estimate of drug-likeness (QED) is 0.473. The molecule has 30 heavy (non-hydrogen) atoms. The summed E-state index contributed by atoms with van der Waals surface area (Å²) in [5.41, 5.74) is 1.87. The third kappa shape index (κ3) is 4.87. The second-order valence-electron chi connectivity index (χ2n) is 7.04. The molecular weight excluding hydrogens is 388 g/mol. The molecule has 1 aliphatic rings. The van der Waals surface area contributed by atoms with Crippen LogP contribution in [0.25, 0.3) is 11.0 Å². The first-order valence-electron chi connectivity index (χ1n) is 9.71. The molecule has 2 aromatic carbocycles. The van der Waals surface area contributed by atoms with E-state index in [1.807, 2.05) is 0 Å². The fraction of sp³-hybridized carbons (Fsp3) is 0.286. The van der Waals surface area contributed by atoms with Gasteiger partial charge in [0.05, 0.1) is 23.7 Å². The summed E-state index contributed by atoms with van der Waals surface area (Å²) >= 11 is 0. The van der Waals surface area contributed by atoms with E-state index in [9.17, 15) is 14.4 Å². The van der Waals surface area contributed by atoms with Crippen LogP contribution in [0.15, 0.2) is 47.3 Å². The Morgan fingerprint density at radius 3 is 2.67 bits per heavy atom. The molecule has 3 aromatic rings. The first kappa shape index (κ1) is 19.7. The number of ether oxygens (including phenoxy) is 2. The lowest BCUT2D eigenvalue weighted by Crippen LogP contribution is -2.32. The van der Waals surface area contributed by atoms with Crippen LogP contribution in [-0.2, 0) is 9.53 Å². The Kier molecular flexibility index (Phi) is 5.80. The first-order valence-corrected chi connectivity index (χ1v) is 9.71. The van der Waals surface area contributed by atoms with Crippen LogP contribution in [0.5, 0.6) is 5.75 Å². The molecule has 4 N–H and O–H groups in total. The van der Waals surface area contributed by atoms with Gasteiger partial charge in [-0.05, 0) is 55.3 Å². The Bertz CT molecular complexity index is 1100. The van der Waals surface area contributed by atoms with E-state index in [2.05, 4.69) is 20.6 Å². The Morgan fingerprint density at radius 1 is 1.10 bits per heavy atom. The number of anilines is 1. The molecule has 1 aliphatic heterocycles. The largest absolute Gasteiger partial charge is 0.491 e. The molecule has 0 bridgehead atoms. The number of rotatable bonds is 7. The fourth-order valence-corrected chi connectivity index (χ4v) is 3.25. The first-order chi connectivity index (χ1) is 14.6. The average molecular weight is 410 g/mol. The molecule has 156 valence electrons. The van der Waals surface area contributed by atoms with E-state index in [0.29, 0.717) is 34.6 Å². The second kappa shape index (κ2) is 8.83. The van der Waals surface area contributed by atoms with E-state index in [1.165, 1.54) is 0 Å². The summed E-state index contributed by atoms with van der Waals surface area (Å²) in [7, 11) is 0. The average Bonchev–Trinajstić information content (AvgIpc) is 3.39. The zero-order valence-electron chi connectivity index (χ0n) is 16.2. The van der Waals surface area contributed by atoms with Crippen molar-refractivity contribution in [3.8, 4) is 5.75 Å². The minimum atomic E-state index is -0.378. The van der Waals surface area contributed by atoms with Crippen molar-refractivity contribution in [1.82, 2.24) is 15.3 Å². The maximum atomic E-state index is 12.3. The molecule has 1 saturated heterocycles. The minimum Gasteiger partial charge on any atom is -0.491 e.